The molecular weight excluding hydrogens is 410 g/mol. The van der Waals surface area contributed by atoms with Crippen LogP contribution in [0.2, 0.25) is 0 Å². The summed E-state index contributed by atoms with van der Waals surface area (Å²) in [5.41, 5.74) is 0.238. The Hall–Kier alpha value is -2.90. The smallest absolute Gasteiger partial charge is 0.303 e. The summed E-state index contributed by atoms with van der Waals surface area (Å²) < 4.78 is 23.9. The number of carbonyl (C=O) groups is 1. The normalized spacial score (nSPS) is 21.4. The molecule has 2 heterocycles. The number of hydrogen-bond donors (Lipinski definition) is 1. The summed E-state index contributed by atoms with van der Waals surface area (Å²) in [4.78, 5) is 14.9. The van der Waals surface area contributed by atoms with E-state index >= 15 is 0 Å². The van der Waals surface area contributed by atoms with Gasteiger partial charge < -0.3 is 24.1 Å². The van der Waals surface area contributed by atoms with Crippen LogP contribution < -0.4 is 9.47 Å². The lowest BCUT2D eigenvalue weighted by molar-refractivity contribution is -0.288. The third kappa shape index (κ3) is 6.55. The summed E-state index contributed by atoms with van der Waals surface area (Å²) in [6.45, 7) is 4.37. The van der Waals surface area contributed by atoms with Crippen molar-refractivity contribution >= 4 is 5.97 Å². The van der Waals surface area contributed by atoms with Gasteiger partial charge in [0, 0.05) is 24.7 Å². The summed E-state index contributed by atoms with van der Waals surface area (Å²) >= 11 is 0. The largest absolute Gasteiger partial charge is 0.497 e. The molecule has 1 N–H and O–H groups in total. The third-order valence-electron chi connectivity index (χ3n) is 5.31. The molecule has 0 bridgehead atoms. The number of nitrogens with zero attached hydrogens (tertiary/aromatic N) is 1. The van der Waals surface area contributed by atoms with Gasteiger partial charge in [-0.25, -0.2) is 0 Å². The van der Waals surface area contributed by atoms with Crippen LogP contribution in [0.25, 0.3) is 0 Å². The molecule has 7 heteroatoms. The van der Waals surface area contributed by atoms with E-state index in [0.29, 0.717) is 25.2 Å². The summed E-state index contributed by atoms with van der Waals surface area (Å²) in [5.74, 6) is 0.739. The molecule has 0 radical (unpaired) electrons. The number of methoxy groups -OCH3 is 1. The van der Waals surface area contributed by atoms with Gasteiger partial charge >= 0.3 is 5.97 Å². The molecule has 1 aromatic heterocycles. The molecule has 172 valence electrons. The Morgan fingerprint density at radius 1 is 1.22 bits per heavy atom. The van der Waals surface area contributed by atoms with Crippen LogP contribution in [-0.4, -0.2) is 41.7 Å². The number of ether oxygens (including phenoxy) is 4. The van der Waals surface area contributed by atoms with E-state index in [1.807, 2.05) is 68.6 Å². The molecule has 0 saturated carbocycles. The van der Waals surface area contributed by atoms with Crippen molar-refractivity contribution in [1.82, 2.24) is 4.98 Å². The first kappa shape index (κ1) is 23.8. The maximum atomic E-state index is 10.7. The van der Waals surface area contributed by atoms with Gasteiger partial charge in [0.05, 0.1) is 19.8 Å². The monoisotopic (exact) mass is 441 g/mol. The minimum absolute atomic E-state index is 0.0771. The van der Waals surface area contributed by atoms with E-state index in [-0.39, 0.29) is 18.4 Å². The zero-order valence-corrected chi connectivity index (χ0v) is 18.8. The van der Waals surface area contributed by atoms with Crippen LogP contribution in [0, 0.1) is 5.92 Å². The SMILES string of the molecule is COc1ccc(OC(C)(C)[C@H]2OC[C@@H](C/C=C\CCC(=O)O)[C@@H](c3cccnc3)O2)cc1. The number of pyridine rings is 1. The highest BCUT2D eigenvalue weighted by Crippen LogP contribution is 2.38. The number of allylic oxidation sites excluding steroid dienone is 2. The second-order valence-corrected chi connectivity index (χ2v) is 8.29. The average molecular weight is 442 g/mol. The zero-order chi connectivity index (χ0) is 23.0. The van der Waals surface area contributed by atoms with Crippen molar-refractivity contribution in [1.29, 1.82) is 0 Å². The van der Waals surface area contributed by atoms with Crippen molar-refractivity contribution in [3.63, 3.8) is 0 Å². The molecule has 0 aliphatic carbocycles. The van der Waals surface area contributed by atoms with Crippen molar-refractivity contribution in [2.24, 2.45) is 5.92 Å². The molecule has 1 fully saturated rings. The Balaban J connectivity index is 1.69. The van der Waals surface area contributed by atoms with E-state index in [2.05, 4.69) is 4.98 Å². The number of benzene rings is 1. The molecule has 0 amide bonds. The first-order valence-electron chi connectivity index (χ1n) is 10.8. The second-order valence-electron chi connectivity index (χ2n) is 8.29. The number of hydrogen-bond acceptors (Lipinski definition) is 6. The van der Waals surface area contributed by atoms with Gasteiger partial charge in [0.2, 0.25) is 0 Å². The number of aliphatic carboxylic acids is 1. The number of rotatable bonds is 10. The van der Waals surface area contributed by atoms with Crippen LogP contribution in [-0.2, 0) is 14.3 Å². The fourth-order valence-electron chi connectivity index (χ4n) is 3.62. The Bertz CT molecular complexity index is 881. The fraction of sp³-hybridized carbons (Fsp3) is 0.440. The van der Waals surface area contributed by atoms with E-state index in [1.54, 1.807) is 13.3 Å². The quantitative estimate of drug-likeness (QED) is 0.531. The van der Waals surface area contributed by atoms with Gasteiger partial charge in [0.1, 0.15) is 11.5 Å². The van der Waals surface area contributed by atoms with Crippen molar-refractivity contribution < 1.29 is 28.8 Å². The Morgan fingerprint density at radius 3 is 2.62 bits per heavy atom. The molecule has 32 heavy (non-hydrogen) atoms. The lowest BCUT2D eigenvalue weighted by Gasteiger charge is -2.42. The van der Waals surface area contributed by atoms with Gasteiger partial charge in [-0.05, 0) is 62.6 Å². The number of carboxylic acids is 1. The van der Waals surface area contributed by atoms with Crippen LogP contribution >= 0.6 is 0 Å². The molecule has 1 aliphatic heterocycles. The maximum absolute atomic E-state index is 10.7. The summed E-state index contributed by atoms with van der Waals surface area (Å²) in [7, 11) is 1.62. The molecule has 1 aliphatic rings. The number of aromatic nitrogens is 1. The van der Waals surface area contributed by atoms with Gasteiger partial charge in [-0.15, -0.1) is 0 Å². The van der Waals surface area contributed by atoms with Gasteiger partial charge in [0.15, 0.2) is 11.9 Å². The third-order valence-corrected chi connectivity index (χ3v) is 5.31. The zero-order valence-electron chi connectivity index (χ0n) is 18.8. The topological polar surface area (TPSA) is 87.1 Å². The highest BCUT2D eigenvalue weighted by molar-refractivity contribution is 5.66. The van der Waals surface area contributed by atoms with Crippen LogP contribution in [0.4, 0.5) is 0 Å². The molecule has 1 aromatic carbocycles. The maximum Gasteiger partial charge on any atom is 0.303 e. The Morgan fingerprint density at radius 2 is 1.97 bits per heavy atom. The molecule has 2 aromatic rings. The molecule has 7 nitrogen and oxygen atoms in total. The lowest BCUT2D eigenvalue weighted by Crippen LogP contribution is -2.50. The Labute approximate surface area is 189 Å². The van der Waals surface area contributed by atoms with Gasteiger partial charge in [-0.1, -0.05) is 18.2 Å². The fourth-order valence-corrected chi connectivity index (χ4v) is 3.62. The van der Waals surface area contributed by atoms with Crippen molar-refractivity contribution in [3.8, 4) is 11.5 Å². The summed E-state index contributed by atoms with van der Waals surface area (Å²) in [5, 5.41) is 8.79. The first-order valence-corrected chi connectivity index (χ1v) is 10.8. The molecule has 0 spiro atoms. The minimum Gasteiger partial charge on any atom is -0.497 e. The van der Waals surface area contributed by atoms with Crippen LogP contribution in [0.1, 0.15) is 44.8 Å². The average Bonchev–Trinajstić information content (AvgIpc) is 2.79. The molecule has 1 saturated heterocycles. The molecule has 3 rings (SSSR count). The van der Waals surface area contributed by atoms with Crippen LogP contribution in [0.5, 0.6) is 11.5 Å². The standard InChI is InChI=1S/C25H31NO6/c1-25(2,32-21-13-11-20(29-3)12-14-21)24-30-17-19(8-5-4-6-10-22(27)28)23(31-24)18-9-7-15-26-16-18/h4-5,7,9,11-16,19,23-24H,6,8,10,17H2,1-3H3,(H,27,28)/b5-4-/t19-,23-,24+/m1/s1. The minimum atomic E-state index is -0.797. The lowest BCUT2D eigenvalue weighted by atomic mass is 9.92. The predicted octanol–water partition coefficient (Wildman–Crippen LogP) is 4.79. The van der Waals surface area contributed by atoms with E-state index < -0.39 is 17.9 Å². The van der Waals surface area contributed by atoms with E-state index in [0.717, 1.165) is 11.3 Å². The van der Waals surface area contributed by atoms with Gasteiger partial charge in [-0.2, -0.15) is 0 Å². The highest BCUT2D eigenvalue weighted by atomic mass is 16.7. The van der Waals surface area contributed by atoms with E-state index in [4.69, 9.17) is 24.1 Å². The highest BCUT2D eigenvalue weighted by Gasteiger charge is 2.42. The van der Waals surface area contributed by atoms with Gasteiger partial charge in [0.25, 0.3) is 0 Å². The number of carboxylic acid groups (broad SMARTS) is 1. The van der Waals surface area contributed by atoms with Crippen molar-refractivity contribution in [2.45, 2.75) is 51.1 Å². The van der Waals surface area contributed by atoms with E-state index in [1.165, 1.54) is 0 Å². The summed E-state index contributed by atoms with van der Waals surface area (Å²) in [6.07, 6.45) is 7.99. The van der Waals surface area contributed by atoms with Crippen molar-refractivity contribution in [3.05, 3.63) is 66.5 Å². The molecule has 0 unspecified atom stereocenters. The second kappa shape index (κ2) is 11.1. The molecule has 3 atom stereocenters. The van der Waals surface area contributed by atoms with Crippen molar-refractivity contribution in [2.75, 3.05) is 13.7 Å². The van der Waals surface area contributed by atoms with Gasteiger partial charge in [-0.3, -0.25) is 9.78 Å². The van der Waals surface area contributed by atoms with Crippen LogP contribution in [0.3, 0.4) is 0 Å². The predicted molar refractivity (Wildman–Crippen MR) is 120 cm³/mol. The molecular formula is C25H31NO6. The summed E-state index contributed by atoms with van der Waals surface area (Å²) in [6, 6.07) is 11.3. The van der Waals surface area contributed by atoms with Crippen LogP contribution in [0.15, 0.2) is 60.9 Å². The Kier molecular flexibility index (Phi) is 8.25. The first-order chi connectivity index (χ1) is 15.4. The van der Waals surface area contributed by atoms with E-state index in [9.17, 15) is 4.79 Å².